The van der Waals surface area contributed by atoms with Gasteiger partial charge in [-0.05, 0) is 37.5 Å². The largest absolute Gasteiger partial charge is 0.338 e. The average Bonchev–Trinajstić information content (AvgIpc) is 2.41. The fourth-order valence-electron chi connectivity index (χ4n) is 1.70. The summed E-state index contributed by atoms with van der Waals surface area (Å²) in [6, 6.07) is 4.02. The lowest BCUT2D eigenvalue weighted by Crippen LogP contribution is -2.41. The fourth-order valence-corrected chi connectivity index (χ4v) is 1.70. The standard InChI is InChI=1S/C14H23N3O/c1-3-5-9-16-14(18)17(4-2)12-8-13-6-10-15-11-7-13/h6-7,10-11H,3-5,8-9,12H2,1-2H3,(H,16,18). The van der Waals surface area contributed by atoms with E-state index in [9.17, 15) is 4.79 Å². The van der Waals surface area contributed by atoms with Crippen molar-refractivity contribution in [3.05, 3.63) is 30.1 Å². The third kappa shape index (κ3) is 5.17. The van der Waals surface area contributed by atoms with E-state index in [-0.39, 0.29) is 6.03 Å². The zero-order valence-corrected chi connectivity index (χ0v) is 11.4. The number of aromatic nitrogens is 1. The molecule has 4 nitrogen and oxygen atoms in total. The number of pyridine rings is 1. The van der Waals surface area contributed by atoms with Crippen LogP contribution in [0.15, 0.2) is 24.5 Å². The van der Waals surface area contributed by atoms with Gasteiger partial charge >= 0.3 is 6.03 Å². The summed E-state index contributed by atoms with van der Waals surface area (Å²) in [4.78, 5) is 17.7. The van der Waals surface area contributed by atoms with Gasteiger partial charge in [0.1, 0.15) is 0 Å². The van der Waals surface area contributed by atoms with Gasteiger partial charge in [0.25, 0.3) is 0 Å². The summed E-state index contributed by atoms with van der Waals surface area (Å²) in [5.74, 6) is 0. The third-order valence-corrected chi connectivity index (χ3v) is 2.90. The molecule has 18 heavy (non-hydrogen) atoms. The third-order valence-electron chi connectivity index (χ3n) is 2.90. The molecule has 1 aromatic rings. The van der Waals surface area contributed by atoms with Gasteiger partial charge in [-0.2, -0.15) is 0 Å². The lowest BCUT2D eigenvalue weighted by molar-refractivity contribution is 0.201. The van der Waals surface area contributed by atoms with Gasteiger partial charge in [-0.3, -0.25) is 4.98 Å². The lowest BCUT2D eigenvalue weighted by atomic mass is 10.2. The summed E-state index contributed by atoms with van der Waals surface area (Å²) < 4.78 is 0. The van der Waals surface area contributed by atoms with Gasteiger partial charge < -0.3 is 10.2 Å². The highest BCUT2D eigenvalue weighted by Gasteiger charge is 2.10. The fraction of sp³-hybridized carbons (Fsp3) is 0.571. The van der Waals surface area contributed by atoms with Crippen LogP contribution in [0.2, 0.25) is 0 Å². The minimum atomic E-state index is 0.0417. The Kier molecular flexibility index (Phi) is 6.84. The Morgan fingerprint density at radius 1 is 1.33 bits per heavy atom. The van der Waals surface area contributed by atoms with E-state index in [1.54, 1.807) is 12.4 Å². The number of nitrogens with one attached hydrogen (secondary N) is 1. The first kappa shape index (κ1) is 14.5. The number of carbonyl (C=O) groups is 1. The molecule has 0 fully saturated rings. The Bertz CT molecular complexity index is 340. The van der Waals surface area contributed by atoms with E-state index in [1.807, 2.05) is 24.0 Å². The molecule has 1 N–H and O–H groups in total. The van der Waals surface area contributed by atoms with Crippen molar-refractivity contribution >= 4 is 6.03 Å². The van der Waals surface area contributed by atoms with Gasteiger partial charge in [0, 0.05) is 32.0 Å². The molecule has 1 aromatic heterocycles. The number of unbranched alkanes of at least 4 members (excludes halogenated alkanes) is 1. The van der Waals surface area contributed by atoms with Gasteiger partial charge in [0.05, 0.1) is 0 Å². The molecule has 0 aromatic carbocycles. The molecule has 0 aliphatic heterocycles. The summed E-state index contributed by atoms with van der Waals surface area (Å²) in [5, 5.41) is 2.95. The van der Waals surface area contributed by atoms with Gasteiger partial charge in [0.2, 0.25) is 0 Å². The Morgan fingerprint density at radius 2 is 2.06 bits per heavy atom. The number of rotatable bonds is 7. The predicted molar refractivity (Wildman–Crippen MR) is 73.5 cm³/mol. The number of carbonyl (C=O) groups excluding carboxylic acids is 1. The molecule has 0 saturated heterocycles. The molecule has 0 spiro atoms. The Balaban J connectivity index is 2.35. The van der Waals surface area contributed by atoms with Crippen LogP contribution in [-0.4, -0.2) is 35.5 Å². The van der Waals surface area contributed by atoms with Crippen molar-refractivity contribution in [3.63, 3.8) is 0 Å². The second kappa shape index (κ2) is 8.50. The summed E-state index contributed by atoms with van der Waals surface area (Å²) in [7, 11) is 0. The van der Waals surface area contributed by atoms with E-state index in [0.717, 1.165) is 38.9 Å². The number of hydrogen-bond donors (Lipinski definition) is 1. The smallest absolute Gasteiger partial charge is 0.317 e. The Labute approximate surface area is 109 Å². The van der Waals surface area contributed by atoms with Crippen LogP contribution in [0.4, 0.5) is 4.79 Å². The first-order valence-corrected chi connectivity index (χ1v) is 6.69. The molecular formula is C14H23N3O. The van der Waals surface area contributed by atoms with Gasteiger partial charge in [-0.1, -0.05) is 13.3 Å². The zero-order valence-electron chi connectivity index (χ0n) is 11.4. The van der Waals surface area contributed by atoms with Crippen LogP contribution in [0.1, 0.15) is 32.3 Å². The van der Waals surface area contributed by atoms with Crippen molar-refractivity contribution in [1.82, 2.24) is 15.2 Å². The molecule has 0 saturated carbocycles. The molecule has 0 unspecified atom stereocenters. The lowest BCUT2D eigenvalue weighted by Gasteiger charge is -2.21. The Morgan fingerprint density at radius 3 is 2.67 bits per heavy atom. The molecule has 0 aliphatic carbocycles. The molecule has 100 valence electrons. The monoisotopic (exact) mass is 249 g/mol. The topological polar surface area (TPSA) is 45.2 Å². The number of amides is 2. The molecule has 2 amide bonds. The number of urea groups is 1. The van der Waals surface area contributed by atoms with Crippen LogP contribution in [-0.2, 0) is 6.42 Å². The van der Waals surface area contributed by atoms with Crippen molar-refractivity contribution in [1.29, 1.82) is 0 Å². The Hall–Kier alpha value is -1.58. The second-order valence-corrected chi connectivity index (χ2v) is 4.27. The number of nitrogens with zero attached hydrogens (tertiary/aromatic N) is 2. The first-order chi connectivity index (χ1) is 8.77. The molecule has 1 rings (SSSR count). The highest BCUT2D eigenvalue weighted by molar-refractivity contribution is 5.74. The molecular weight excluding hydrogens is 226 g/mol. The van der Waals surface area contributed by atoms with E-state index in [1.165, 1.54) is 5.56 Å². The van der Waals surface area contributed by atoms with Crippen molar-refractivity contribution < 1.29 is 4.79 Å². The van der Waals surface area contributed by atoms with E-state index < -0.39 is 0 Å². The van der Waals surface area contributed by atoms with Gasteiger partial charge in [-0.15, -0.1) is 0 Å². The molecule has 0 radical (unpaired) electrons. The quantitative estimate of drug-likeness (QED) is 0.754. The van der Waals surface area contributed by atoms with Crippen molar-refractivity contribution in [3.8, 4) is 0 Å². The van der Waals surface area contributed by atoms with Crippen molar-refractivity contribution in [2.75, 3.05) is 19.6 Å². The van der Waals surface area contributed by atoms with E-state index in [0.29, 0.717) is 0 Å². The summed E-state index contributed by atoms with van der Waals surface area (Å²) in [6.45, 7) is 6.38. The summed E-state index contributed by atoms with van der Waals surface area (Å²) in [5.41, 5.74) is 1.21. The van der Waals surface area contributed by atoms with Crippen molar-refractivity contribution in [2.45, 2.75) is 33.1 Å². The molecule has 4 heteroatoms. The van der Waals surface area contributed by atoms with Crippen molar-refractivity contribution in [2.24, 2.45) is 0 Å². The highest BCUT2D eigenvalue weighted by atomic mass is 16.2. The van der Waals surface area contributed by atoms with Crippen LogP contribution >= 0.6 is 0 Å². The van der Waals surface area contributed by atoms with E-state index in [2.05, 4.69) is 17.2 Å². The first-order valence-electron chi connectivity index (χ1n) is 6.69. The van der Waals surface area contributed by atoms with Gasteiger partial charge in [-0.25, -0.2) is 4.79 Å². The maximum atomic E-state index is 11.9. The summed E-state index contributed by atoms with van der Waals surface area (Å²) >= 11 is 0. The number of hydrogen-bond acceptors (Lipinski definition) is 2. The minimum Gasteiger partial charge on any atom is -0.338 e. The minimum absolute atomic E-state index is 0.0417. The van der Waals surface area contributed by atoms with Crippen LogP contribution < -0.4 is 5.32 Å². The van der Waals surface area contributed by atoms with E-state index >= 15 is 0 Å². The van der Waals surface area contributed by atoms with E-state index in [4.69, 9.17) is 0 Å². The maximum Gasteiger partial charge on any atom is 0.317 e. The molecule has 0 atom stereocenters. The van der Waals surface area contributed by atoms with Crippen LogP contribution in [0, 0.1) is 0 Å². The van der Waals surface area contributed by atoms with Gasteiger partial charge in [0.15, 0.2) is 0 Å². The van der Waals surface area contributed by atoms with Crippen LogP contribution in [0.3, 0.4) is 0 Å². The SMILES string of the molecule is CCCCNC(=O)N(CC)CCc1ccncc1. The normalized spacial score (nSPS) is 10.1. The average molecular weight is 249 g/mol. The van der Waals surface area contributed by atoms with Crippen LogP contribution in [0.5, 0.6) is 0 Å². The zero-order chi connectivity index (χ0) is 13.2. The predicted octanol–water partition coefficient (Wildman–Crippen LogP) is 2.46. The molecule has 1 heterocycles. The highest BCUT2D eigenvalue weighted by Crippen LogP contribution is 2.00. The molecule has 0 aliphatic rings. The number of likely N-dealkylation sites (N-methyl/N-ethyl adjacent to an activating group) is 1. The van der Waals surface area contributed by atoms with Crippen LogP contribution in [0.25, 0.3) is 0 Å². The second-order valence-electron chi connectivity index (χ2n) is 4.27. The summed E-state index contributed by atoms with van der Waals surface area (Å²) in [6.07, 6.45) is 6.58. The maximum absolute atomic E-state index is 11.9. The molecule has 0 bridgehead atoms.